The molecule has 1 aromatic carbocycles. The summed E-state index contributed by atoms with van der Waals surface area (Å²) in [7, 11) is 0. The Morgan fingerprint density at radius 2 is 2.00 bits per heavy atom. The van der Waals surface area contributed by atoms with Crippen molar-refractivity contribution >= 4 is 15.9 Å². The minimum atomic E-state index is -0.492. The van der Waals surface area contributed by atoms with E-state index in [1.807, 2.05) is 24.3 Å². The molecule has 0 aliphatic heterocycles. The van der Waals surface area contributed by atoms with Crippen molar-refractivity contribution in [1.29, 1.82) is 0 Å². The number of halogens is 1. The number of rotatable bonds is 4. The molecule has 0 aliphatic rings. The molecule has 0 heterocycles. The van der Waals surface area contributed by atoms with Gasteiger partial charge in [0, 0.05) is 10.9 Å². The highest BCUT2D eigenvalue weighted by molar-refractivity contribution is 9.10. The second kappa shape index (κ2) is 5.13. The van der Waals surface area contributed by atoms with Crippen LogP contribution in [0, 0.1) is 0 Å². The minimum Gasteiger partial charge on any atom is -0.388 e. The second-order valence-electron chi connectivity index (χ2n) is 3.13. The number of aliphatic hydroxyl groups is 1. The number of hydrogen-bond donors (Lipinski definition) is 1. The molecule has 0 radical (unpaired) electrons. The summed E-state index contributed by atoms with van der Waals surface area (Å²) in [5.41, 5.74) is 1.75. The van der Waals surface area contributed by atoms with Gasteiger partial charge in [0.2, 0.25) is 0 Å². The van der Waals surface area contributed by atoms with E-state index in [2.05, 4.69) is 29.1 Å². The van der Waals surface area contributed by atoms with E-state index in [4.69, 9.17) is 0 Å². The van der Waals surface area contributed by atoms with Gasteiger partial charge in [0.1, 0.15) is 0 Å². The Bertz CT molecular complexity index is 327. The average molecular weight is 253 g/mol. The van der Waals surface area contributed by atoms with Crippen LogP contribution >= 0.6 is 15.9 Å². The summed E-state index contributed by atoms with van der Waals surface area (Å²) in [5, 5.41) is 9.79. The van der Waals surface area contributed by atoms with Crippen molar-refractivity contribution in [3.63, 3.8) is 0 Å². The Morgan fingerprint density at radius 3 is 2.50 bits per heavy atom. The van der Waals surface area contributed by atoms with Crippen molar-refractivity contribution in [2.24, 2.45) is 0 Å². The Balaban J connectivity index is 2.69. The Hall–Kier alpha value is -0.860. The molecule has 0 saturated heterocycles. The summed E-state index contributed by atoms with van der Waals surface area (Å²) in [6.07, 6.45) is 1.71. The van der Waals surface area contributed by atoms with Crippen molar-refractivity contribution in [2.45, 2.75) is 12.5 Å². The molecule has 0 amide bonds. The van der Waals surface area contributed by atoms with Gasteiger partial charge in [-0.1, -0.05) is 52.9 Å². The third kappa shape index (κ3) is 3.13. The fourth-order valence-corrected chi connectivity index (χ4v) is 1.40. The molecule has 2 heteroatoms. The van der Waals surface area contributed by atoms with Crippen LogP contribution in [0.15, 0.2) is 53.5 Å². The van der Waals surface area contributed by atoms with Crippen molar-refractivity contribution in [2.75, 3.05) is 0 Å². The van der Waals surface area contributed by atoms with Gasteiger partial charge in [0.05, 0.1) is 6.10 Å². The third-order valence-electron chi connectivity index (χ3n) is 2.00. The number of hydrogen-bond acceptors (Lipinski definition) is 1. The standard InChI is InChI=1S/C12H13BrO/c1-3-9(2)8-12(14)10-4-6-11(13)7-5-10/h3-7,12,14H,1-2,8H2. The van der Waals surface area contributed by atoms with E-state index in [-0.39, 0.29) is 0 Å². The minimum absolute atomic E-state index is 0.492. The largest absolute Gasteiger partial charge is 0.388 e. The zero-order valence-corrected chi connectivity index (χ0v) is 9.50. The van der Waals surface area contributed by atoms with Gasteiger partial charge in [-0.05, 0) is 17.7 Å². The van der Waals surface area contributed by atoms with Gasteiger partial charge >= 0.3 is 0 Å². The molecule has 1 aromatic rings. The van der Waals surface area contributed by atoms with E-state index in [1.54, 1.807) is 6.08 Å². The monoisotopic (exact) mass is 252 g/mol. The molecule has 0 aromatic heterocycles. The van der Waals surface area contributed by atoms with Gasteiger partial charge in [-0.25, -0.2) is 0 Å². The normalized spacial score (nSPS) is 12.1. The first-order valence-electron chi connectivity index (χ1n) is 4.37. The molecule has 1 unspecified atom stereocenters. The van der Waals surface area contributed by atoms with Crippen LogP contribution in [0.25, 0.3) is 0 Å². The SMILES string of the molecule is C=CC(=C)CC(O)c1ccc(Br)cc1. The van der Waals surface area contributed by atoms with Gasteiger partial charge in [0.25, 0.3) is 0 Å². The zero-order valence-electron chi connectivity index (χ0n) is 7.91. The highest BCUT2D eigenvalue weighted by Crippen LogP contribution is 2.22. The van der Waals surface area contributed by atoms with Gasteiger partial charge in [-0.15, -0.1) is 0 Å². The first-order valence-corrected chi connectivity index (χ1v) is 5.16. The topological polar surface area (TPSA) is 20.2 Å². The predicted molar refractivity (Wildman–Crippen MR) is 63.1 cm³/mol. The maximum atomic E-state index is 9.79. The van der Waals surface area contributed by atoms with Crippen molar-refractivity contribution < 1.29 is 5.11 Å². The molecule has 1 nitrogen and oxygen atoms in total. The van der Waals surface area contributed by atoms with E-state index in [1.165, 1.54) is 0 Å². The van der Waals surface area contributed by atoms with Gasteiger partial charge in [-0.3, -0.25) is 0 Å². The molecule has 14 heavy (non-hydrogen) atoms. The Morgan fingerprint density at radius 1 is 1.43 bits per heavy atom. The first-order chi connectivity index (χ1) is 6.63. The fourth-order valence-electron chi connectivity index (χ4n) is 1.13. The lowest BCUT2D eigenvalue weighted by Gasteiger charge is -2.10. The van der Waals surface area contributed by atoms with Gasteiger partial charge in [0.15, 0.2) is 0 Å². The van der Waals surface area contributed by atoms with E-state index in [0.717, 1.165) is 15.6 Å². The maximum absolute atomic E-state index is 9.79. The number of aliphatic hydroxyl groups excluding tert-OH is 1. The summed E-state index contributed by atoms with van der Waals surface area (Å²) in [6.45, 7) is 7.37. The van der Waals surface area contributed by atoms with E-state index in [9.17, 15) is 5.11 Å². The van der Waals surface area contributed by atoms with Gasteiger partial charge < -0.3 is 5.11 Å². The van der Waals surface area contributed by atoms with E-state index < -0.39 is 6.10 Å². The van der Waals surface area contributed by atoms with E-state index >= 15 is 0 Å². The van der Waals surface area contributed by atoms with Crippen LogP contribution in [0.2, 0.25) is 0 Å². The molecule has 1 rings (SSSR count). The highest BCUT2D eigenvalue weighted by atomic mass is 79.9. The van der Waals surface area contributed by atoms with E-state index in [0.29, 0.717) is 6.42 Å². The molecule has 0 bridgehead atoms. The molecule has 74 valence electrons. The molecular formula is C12H13BrO. The van der Waals surface area contributed by atoms with Crippen LogP contribution in [0.1, 0.15) is 18.1 Å². The summed E-state index contributed by atoms with van der Waals surface area (Å²) in [4.78, 5) is 0. The summed E-state index contributed by atoms with van der Waals surface area (Å²) in [6, 6.07) is 7.61. The second-order valence-corrected chi connectivity index (χ2v) is 4.05. The van der Waals surface area contributed by atoms with Crippen LogP contribution in [-0.2, 0) is 0 Å². The van der Waals surface area contributed by atoms with Crippen LogP contribution < -0.4 is 0 Å². The zero-order chi connectivity index (χ0) is 10.6. The Kier molecular flexibility index (Phi) is 4.11. The Labute approximate surface area is 92.9 Å². The lowest BCUT2D eigenvalue weighted by atomic mass is 10.0. The predicted octanol–water partition coefficient (Wildman–Crippen LogP) is 3.61. The summed E-state index contributed by atoms with van der Waals surface area (Å²) < 4.78 is 1.01. The van der Waals surface area contributed by atoms with Gasteiger partial charge in [-0.2, -0.15) is 0 Å². The molecular weight excluding hydrogens is 240 g/mol. The van der Waals surface area contributed by atoms with Crippen LogP contribution in [-0.4, -0.2) is 5.11 Å². The maximum Gasteiger partial charge on any atom is 0.0830 e. The first kappa shape index (κ1) is 11.2. The van der Waals surface area contributed by atoms with Crippen LogP contribution in [0.5, 0.6) is 0 Å². The van der Waals surface area contributed by atoms with Crippen LogP contribution in [0.3, 0.4) is 0 Å². The number of benzene rings is 1. The van der Waals surface area contributed by atoms with Crippen molar-refractivity contribution in [3.8, 4) is 0 Å². The molecule has 0 spiro atoms. The third-order valence-corrected chi connectivity index (χ3v) is 2.53. The molecule has 0 fully saturated rings. The molecule has 0 saturated carbocycles. The quantitative estimate of drug-likeness (QED) is 0.812. The molecule has 0 aliphatic carbocycles. The lowest BCUT2D eigenvalue weighted by Crippen LogP contribution is -1.97. The number of allylic oxidation sites excluding steroid dienone is 1. The average Bonchev–Trinajstić information content (AvgIpc) is 2.18. The van der Waals surface area contributed by atoms with Crippen molar-refractivity contribution in [3.05, 3.63) is 59.1 Å². The lowest BCUT2D eigenvalue weighted by molar-refractivity contribution is 0.179. The fraction of sp³-hybridized carbons (Fsp3) is 0.167. The highest BCUT2D eigenvalue weighted by Gasteiger charge is 2.07. The smallest absolute Gasteiger partial charge is 0.0830 e. The molecule has 1 atom stereocenters. The van der Waals surface area contributed by atoms with Crippen molar-refractivity contribution in [1.82, 2.24) is 0 Å². The van der Waals surface area contributed by atoms with Crippen LogP contribution in [0.4, 0.5) is 0 Å². The summed E-state index contributed by atoms with van der Waals surface area (Å²) >= 11 is 3.34. The molecule has 1 N–H and O–H groups in total. The summed E-state index contributed by atoms with van der Waals surface area (Å²) in [5.74, 6) is 0.